The number of benzene rings is 2. The van der Waals surface area contributed by atoms with Crippen LogP contribution < -0.4 is 4.74 Å². The topological polar surface area (TPSA) is 33.0 Å². The molecule has 0 saturated heterocycles. The molecule has 0 N–H and O–H groups in total. The monoisotopic (exact) mass is 295 g/mol. The molecule has 2 nitrogen and oxygen atoms in total. The fourth-order valence-corrected chi connectivity index (χ4v) is 1.86. The van der Waals surface area contributed by atoms with Crippen LogP contribution in [0, 0.1) is 17.1 Å². The molecule has 0 heterocycles. The Morgan fingerprint density at radius 2 is 1.95 bits per heavy atom. The average molecular weight is 296 g/mol. The third-order valence-corrected chi connectivity index (χ3v) is 2.97. The second-order valence-electron chi connectivity index (χ2n) is 3.79. The molecule has 0 bridgehead atoms. The van der Waals surface area contributed by atoms with Gasteiger partial charge in [-0.25, -0.2) is 4.39 Å². The lowest BCUT2D eigenvalue weighted by Gasteiger charge is -2.08. The normalized spacial score (nSPS) is 10.0. The molecular weight excluding hydrogens is 288 g/mol. The van der Waals surface area contributed by atoms with E-state index in [-0.39, 0.29) is 11.6 Å². The van der Waals surface area contributed by atoms with E-state index in [4.69, 9.17) is 33.2 Å². The fourth-order valence-electron chi connectivity index (χ4n) is 1.50. The van der Waals surface area contributed by atoms with Crippen LogP contribution in [0.15, 0.2) is 36.4 Å². The Morgan fingerprint density at radius 3 is 2.63 bits per heavy atom. The van der Waals surface area contributed by atoms with Crippen LogP contribution in [0.2, 0.25) is 10.0 Å². The molecule has 2 aromatic rings. The quantitative estimate of drug-likeness (QED) is 0.830. The maximum Gasteiger partial charge on any atom is 0.141 e. The summed E-state index contributed by atoms with van der Waals surface area (Å²) in [6.07, 6.45) is 0. The molecule has 0 atom stereocenters. The molecule has 0 spiro atoms. The Hall–Kier alpha value is -1.76. The van der Waals surface area contributed by atoms with Crippen molar-refractivity contribution < 1.29 is 9.13 Å². The van der Waals surface area contributed by atoms with Gasteiger partial charge < -0.3 is 4.74 Å². The van der Waals surface area contributed by atoms with Gasteiger partial charge in [-0.2, -0.15) is 5.26 Å². The van der Waals surface area contributed by atoms with Crippen molar-refractivity contribution in [3.05, 3.63) is 63.4 Å². The second kappa shape index (κ2) is 5.92. The smallest absolute Gasteiger partial charge is 0.141 e. The molecule has 0 aliphatic carbocycles. The van der Waals surface area contributed by atoms with Crippen LogP contribution >= 0.6 is 23.2 Å². The Labute approximate surface area is 119 Å². The van der Waals surface area contributed by atoms with E-state index in [1.165, 1.54) is 12.1 Å². The predicted octanol–water partition coefficient (Wildman–Crippen LogP) is 4.58. The molecule has 0 aliphatic rings. The van der Waals surface area contributed by atoms with E-state index in [9.17, 15) is 4.39 Å². The van der Waals surface area contributed by atoms with Crippen LogP contribution in [0.4, 0.5) is 4.39 Å². The summed E-state index contributed by atoms with van der Waals surface area (Å²) in [5.74, 6) is -0.0960. The standard InChI is InChI=1S/C14H8Cl2FNO/c15-11-3-2-10(7-18)14(6-11)19-8-9-1-4-13(17)12(16)5-9/h1-6H,8H2. The molecule has 2 rings (SSSR count). The highest BCUT2D eigenvalue weighted by Gasteiger charge is 2.06. The van der Waals surface area contributed by atoms with Crippen LogP contribution in [-0.4, -0.2) is 0 Å². The minimum absolute atomic E-state index is 0.0349. The van der Waals surface area contributed by atoms with E-state index in [2.05, 4.69) is 0 Å². The Kier molecular flexibility index (Phi) is 4.26. The van der Waals surface area contributed by atoms with Crippen LogP contribution in [0.3, 0.4) is 0 Å². The first-order valence-electron chi connectivity index (χ1n) is 5.36. The summed E-state index contributed by atoms with van der Waals surface area (Å²) in [5.41, 5.74) is 1.09. The summed E-state index contributed by atoms with van der Waals surface area (Å²) in [4.78, 5) is 0. The van der Waals surface area contributed by atoms with Gasteiger partial charge in [-0.1, -0.05) is 29.3 Å². The first-order valence-corrected chi connectivity index (χ1v) is 6.12. The number of rotatable bonds is 3. The lowest BCUT2D eigenvalue weighted by Crippen LogP contribution is -1.97. The molecule has 0 radical (unpaired) electrons. The molecule has 0 amide bonds. The second-order valence-corrected chi connectivity index (χ2v) is 4.63. The third kappa shape index (κ3) is 3.37. The summed E-state index contributed by atoms with van der Waals surface area (Å²) in [6.45, 7) is 0.176. The summed E-state index contributed by atoms with van der Waals surface area (Å²) in [5, 5.41) is 9.46. The van der Waals surface area contributed by atoms with Gasteiger partial charge >= 0.3 is 0 Å². The minimum Gasteiger partial charge on any atom is -0.487 e. The van der Waals surface area contributed by atoms with Crippen molar-refractivity contribution in [1.82, 2.24) is 0 Å². The Morgan fingerprint density at radius 1 is 1.16 bits per heavy atom. The zero-order valence-electron chi connectivity index (χ0n) is 9.66. The molecule has 2 aromatic carbocycles. The Bertz CT molecular complexity index is 652. The highest BCUT2D eigenvalue weighted by Crippen LogP contribution is 2.24. The van der Waals surface area contributed by atoms with Crippen molar-refractivity contribution in [2.45, 2.75) is 6.61 Å². The third-order valence-electron chi connectivity index (χ3n) is 2.44. The molecule has 0 aliphatic heterocycles. The fraction of sp³-hybridized carbons (Fsp3) is 0.0714. The van der Waals surface area contributed by atoms with Gasteiger partial charge in [-0.3, -0.25) is 0 Å². The van der Waals surface area contributed by atoms with Crippen molar-refractivity contribution >= 4 is 23.2 Å². The number of nitrogens with zero attached hydrogens (tertiary/aromatic N) is 1. The van der Waals surface area contributed by atoms with E-state index < -0.39 is 5.82 Å². The van der Waals surface area contributed by atoms with Gasteiger partial charge in [0, 0.05) is 11.1 Å². The van der Waals surface area contributed by atoms with Gasteiger partial charge in [0.1, 0.15) is 24.2 Å². The van der Waals surface area contributed by atoms with Crippen molar-refractivity contribution in [3.63, 3.8) is 0 Å². The van der Waals surface area contributed by atoms with E-state index >= 15 is 0 Å². The molecule has 5 heteroatoms. The molecule has 0 saturated carbocycles. The van der Waals surface area contributed by atoms with Crippen molar-refractivity contribution in [3.8, 4) is 11.8 Å². The van der Waals surface area contributed by atoms with E-state index in [1.54, 1.807) is 24.3 Å². The van der Waals surface area contributed by atoms with E-state index in [0.717, 1.165) is 0 Å². The SMILES string of the molecule is N#Cc1ccc(Cl)cc1OCc1ccc(F)c(Cl)c1. The molecule has 0 fully saturated rings. The first-order chi connectivity index (χ1) is 9.10. The molecule has 0 aromatic heterocycles. The highest BCUT2D eigenvalue weighted by molar-refractivity contribution is 6.31. The maximum atomic E-state index is 13.0. The Balaban J connectivity index is 2.16. The molecule has 19 heavy (non-hydrogen) atoms. The largest absolute Gasteiger partial charge is 0.487 e. The molecule has 96 valence electrons. The van der Waals surface area contributed by atoms with E-state index in [1.807, 2.05) is 6.07 Å². The van der Waals surface area contributed by atoms with Crippen molar-refractivity contribution in [1.29, 1.82) is 5.26 Å². The van der Waals surface area contributed by atoms with Crippen LogP contribution in [0.5, 0.6) is 5.75 Å². The molecular formula is C14H8Cl2FNO. The lowest BCUT2D eigenvalue weighted by atomic mass is 10.2. The first kappa shape index (κ1) is 13.7. The van der Waals surface area contributed by atoms with Gasteiger partial charge in [0.25, 0.3) is 0 Å². The number of ether oxygens (including phenoxy) is 1. The number of halogens is 3. The zero-order valence-corrected chi connectivity index (χ0v) is 11.2. The minimum atomic E-state index is -0.481. The van der Waals surface area contributed by atoms with Gasteiger partial charge in [0.2, 0.25) is 0 Å². The van der Waals surface area contributed by atoms with Gasteiger partial charge in [-0.15, -0.1) is 0 Å². The maximum absolute atomic E-state index is 13.0. The van der Waals surface area contributed by atoms with Gasteiger partial charge in [-0.05, 0) is 29.8 Å². The average Bonchev–Trinajstić information content (AvgIpc) is 2.40. The summed E-state index contributed by atoms with van der Waals surface area (Å²) < 4.78 is 18.5. The lowest BCUT2D eigenvalue weighted by molar-refractivity contribution is 0.305. The number of hydrogen-bond donors (Lipinski definition) is 0. The number of hydrogen-bond acceptors (Lipinski definition) is 2. The van der Waals surface area contributed by atoms with Crippen LogP contribution in [0.1, 0.15) is 11.1 Å². The van der Waals surface area contributed by atoms with Crippen molar-refractivity contribution in [2.24, 2.45) is 0 Å². The highest BCUT2D eigenvalue weighted by atomic mass is 35.5. The van der Waals surface area contributed by atoms with Gasteiger partial charge in [0.05, 0.1) is 10.6 Å². The summed E-state index contributed by atoms with van der Waals surface area (Å²) >= 11 is 11.5. The van der Waals surface area contributed by atoms with E-state index in [0.29, 0.717) is 21.9 Å². The summed E-state index contributed by atoms with van der Waals surface area (Å²) in [7, 11) is 0. The van der Waals surface area contributed by atoms with Crippen molar-refractivity contribution in [2.75, 3.05) is 0 Å². The number of nitriles is 1. The van der Waals surface area contributed by atoms with Crippen LogP contribution in [-0.2, 0) is 6.61 Å². The predicted molar refractivity (Wildman–Crippen MR) is 71.9 cm³/mol. The summed E-state index contributed by atoms with van der Waals surface area (Å²) in [6, 6.07) is 11.1. The zero-order chi connectivity index (χ0) is 13.8. The van der Waals surface area contributed by atoms with Crippen LogP contribution in [0.25, 0.3) is 0 Å². The van der Waals surface area contributed by atoms with Gasteiger partial charge in [0.15, 0.2) is 0 Å². The molecule has 0 unspecified atom stereocenters.